The van der Waals surface area contributed by atoms with Gasteiger partial charge in [-0.25, -0.2) is 23.1 Å². The van der Waals surface area contributed by atoms with Crippen LogP contribution < -0.4 is 15.4 Å². The number of sulfonamides is 1. The maximum absolute atomic E-state index is 12.1. The second-order valence-corrected chi connectivity index (χ2v) is 9.45. The van der Waals surface area contributed by atoms with E-state index in [9.17, 15) is 13.5 Å². The Hall–Kier alpha value is -2.24. The van der Waals surface area contributed by atoms with E-state index < -0.39 is 10.0 Å². The van der Waals surface area contributed by atoms with Crippen LogP contribution in [0.15, 0.2) is 52.5 Å². The van der Waals surface area contributed by atoms with Crippen LogP contribution in [-0.4, -0.2) is 36.8 Å². The first kappa shape index (κ1) is 22.4. The third-order valence-electron chi connectivity index (χ3n) is 3.97. The van der Waals surface area contributed by atoms with Crippen molar-refractivity contribution < 1.29 is 13.5 Å². The zero-order valence-corrected chi connectivity index (χ0v) is 18.9. The van der Waals surface area contributed by atoms with Crippen LogP contribution in [-0.2, 0) is 10.0 Å². The number of hydrogen-bond donors (Lipinski definition) is 4. The van der Waals surface area contributed by atoms with Crippen molar-refractivity contribution in [1.29, 1.82) is 0 Å². The lowest BCUT2D eigenvalue weighted by Gasteiger charge is -2.13. The molecule has 3 aromatic rings. The van der Waals surface area contributed by atoms with Crippen LogP contribution in [0.2, 0.25) is 10.0 Å². The number of nitrogens with one attached hydrogen (secondary N) is 3. The van der Waals surface area contributed by atoms with E-state index in [0.29, 0.717) is 23.0 Å². The molecule has 0 amide bonds. The van der Waals surface area contributed by atoms with Crippen molar-refractivity contribution in [2.24, 2.45) is 0 Å². The summed E-state index contributed by atoms with van der Waals surface area (Å²) in [5.74, 6) is 0.683. The Kier molecular flexibility index (Phi) is 6.94. The molecule has 8 nitrogen and oxygen atoms in total. The molecule has 0 fully saturated rings. The van der Waals surface area contributed by atoms with Crippen molar-refractivity contribution in [3.63, 3.8) is 0 Å². The summed E-state index contributed by atoms with van der Waals surface area (Å²) >= 11 is 13.4. The van der Waals surface area contributed by atoms with Crippen molar-refractivity contribution in [1.82, 2.24) is 14.7 Å². The van der Waals surface area contributed by atoms with Crippen LogP contribution in [0, 0.1) is 0 Å². The van der Waals surface area contributed by atoms with Crippen LogP contribution in [0.4, 0.5) is 23.0 Å². The van der Waals surface area contributed by atoms with Crippen molar-refractivity contribution in [3.05, 3.63) is 52.8 Å². The number of rotatable bonds is 7. The quantitative estimate of drug-likeness (QED) is 0.283. The standard InChI is InChI=1S/C18H17Cl2N5O3S2/c1-21-30(27,28)11-3-4-15(29-2)14(7-11)25-17-8-16(22-9-23-17)24-10-5-12(19)18(26)13(20)6-10/h3-9,21,26H,1-2H3,(H2,22,23,24,25). The molecule has 0 radical (unpaired) electrons. The van der Waals surface area contributed by atoms with Gasteiger partial charge in [-0.3, -0.25) is 0 Å². The molecule has 12 heteroatoms. The summed E-state index contributed by atoms with van der Waals surface area (Å²) in [6, 6.07) is 9.45. The minimum Gasteiger partial charge on any atom is -0.505 e. The number of halogens is 2. The molecule has 2 aromatic carbocycles. The molecular weight excluding hydrogens is 469 g/mol. The van der Waals surface area contributed by atoms with Gasteiger partial charge in [-0.15, -0.1) is 11.8 Å². The summed E-state index contributed by atoms with van der Waals surface area (Å²) in [5.41, 5.74) is 1.11. The number of nitrogens with zero attached hydrogens (tertiary/aromatic N) is 2. The highest BCUT2D eigenvalue weighted by molar-refractivity contribution is 7.98. The first-order valence-electron chi connectivity index (χ1n) is 8.39. The number of phenolic OH excluding ortho intramolecular Hbond substituents is 1. The molecular formula is C18H17Cl2N5O3S2. The third kappa shape index (κ3) is 5.08. The summed E-state index contributed by atoms with van der Waals surface area (Å²) < 4.78 is 26.5. The largest absolute Gasteiger partial charge is 0.505 e. The van der Waals surface area contributed by atoms with Crippen LogP contribution in [0.3, 0.4) is 0 Å². The SMILES string of the molecule is CNS(=O)(=O)c1ccc(SC)c(Nc2cc(Nc3cc(Cl)c(O)c(Cl)c3)ncn2)c1. The van der Waals surface area contributed by atoms with E-state index in [-0.39, 0.29) is 20.7 Å². The Morgan fingerprint density at radius 1 is 1.00 bits per heavy atom. The molecule has 0 saturated heterocycles. The summed E-state index contributed by atoms with van der Waals surface area (Å²) in [6.07, 6.45) is 3.24. The van der Waals surface area contributed by atoms with Crippen molar-refractivity contribution in [2.75, 3.05) is 23.9 Å². The summed E-state index contributed by atoms with van der Waals surface area (Å²) in [4.78, 5) is 9.31. The van der Waals surface area contributed by atoms with Crippen molar-refractivity contribution in [3.8, 4) is 5.75 Å². The van der Waals surface area contributed by atoms with E-state index in [2.05, 4.69) is 25.3 Å². The molecule has 30 heavy (non-hydrogen) atoms. The minimum atomic E-state index is -3.59. The average Bonchev–Trinajstić information content (AvgIpc) is 2.72. The zero-order chi connectivity index (χ0) is 21.9. The number of aromatic nitrogens is 2. The van der Waals surface area contributed by atoms with Gasteiger partial charge in [-0.2, -0.15) is 0 Å². The normalized spacial score (nSPS) is 11.3. The van der Waals surface area contributed by atoms with E-state index in [1.54, 1.807) is 12.1 Å². The van der Waals surface area contributed by atoms with Crippen molar-refractivity contribution in [2.45, 2.75) is 9.79 Å². The molecule has 0 aliphatic rings. The van der Waals surface area contributed by atoms with E-state index in [4.69, 9.17) is 23.2 Å². The Labute approximate surface area is 188 Å². The topological polar surface area (TPSA) is 116 Å². The Morgan fingerprint density at radius 3 is 2.23 bits per heavy atom. The second kappa shape index (κ2) is 9.27. The lowest BCUT2D eigenvalue weighted by Crippen LogP contribution is -2.18. The van der Waals surface area contributed by atoms with Gasteiger partial charge in [0, 0.05) is 16.6 Å². The Morgan fingerprint density at radius 2 is 1.63 bits per heavy atom. The van der Waals surface area contributed by atoms with Gasteiger partial charge in [-0.05, 0) is 43.6 Å². The molecule has 0 aliphatic carbocycles. The maximum Gasteiger partial charge on any atom is 0.240 e. The fourth-order valence-electron chi connectivity index (χ4n) is 2.49. The van der Waals surface area contributed by atoms with Gasteiger partial charge in [0.15, 0.2) is 5.75 Å². The molecule has 0 bridgehead atoms. The van der Waals surface area contributed by atoms with E-state index in [1.807, 2.05) is 6.26 Å². The number of phenols is 1. The number of aromatic hydroxyl groups is 1. The van der Waals surface area contributed by atoms with Gasteiger partial charge >= 0.3 is 0 Å². The Balaban J connectivity index is 1.89. The van der Waals surface area contributed by atoms with Gasteiger partial charge in [0.25, 0.3) is 0 Å². The number of benzene rings is 2. The minimum absolute atomic E-state index is 0.101. The van der Waals surface area contributed by atoms with Gasteiger partial charge in [0.1, 0.15) is 18.0 Å². The van der Waals surface area contributed by atoms with E-state index >= 15 is 0 Å². The first-order chi connectivity index (χ1) is 14.2. The molecule has 0 spiro atoms. The highest BCUT2D eigenvalue weighted by Crippen LogP contribution is 2.36. The third-order valence-corrected chi connectivity index (χ3v) is 6.75. The molecule has 158 valence electrons. The maximum atomic E-state index is 12.1. The van der Waals surface area contributed by atoms with Gasteiger partial charge < -0.3 is 15.7 Å². The van der Waals surface area contributed by atoms with E-state index in [1.165, 1.54) is 49.4 Å². The smallest absolute Gasteiger partial charge is 0.240 e. The Bertz CT molecular complexity index is 1170. The fourth-order valence-corrected chi connectivity index (χ4v) is 4.26. The van der Waals surface area contributed by atoms with Crippen LogP contribution in [0.25, 0.3) is 0 Å². The second-order valence-electron chi connectivity index (χ2n) is 5.90. The number of hydrogen-bond acceptors (Lipinski definition) is 8. The molecule has 4 N–H and O–H groups in total. The summed E-state index contributed by atoms with van der Waals surface area (Å²) in [6.45, 7) is 0. The average molecular weight is 486 g/mol. The molecule has 3 rings (SSSR count). The van der Waals surface area contributed by atoms with Crippen LogP contribution >= 0.6 is 35.0 Å². The zero-order valence-electron chi connectivity index (χ0n) is 15.8. The summed E-state index contributed by atoms with van der Waals surface area (Å²) in [7, 11) is -2.23. The van der Waals surface area contributed by atoms with Crippen LogP contribution in [0.5, 0.6) is 5.75 Å². The molecule has 0 atom stereocenters. The monoisotopic (exact) mass is 485 g/mol. The van der Waals surface area contributed by atoms with Gasteiger partial charge in [0.05, 0.1) is 20.6 Å². The number of thioether (sulfide) groups is 1. The number of anilines is 4. The lowest BCUT2D eigenvalue weighted by atomic mass is 10.3. The van der Waals surface area contributed by atoms with E-state index in [0.717, 1.165) is 4.90 Å². The molecule has 0 aliphatic heterocycles. The molecule has 0 saturated carbocycles. The van der Waals surface area contributed by atoms with Gasteiger partial charge in [0.2, 0.25) is 10.0 Å². The molecule has 1 aromatic heterocycles. The lowest BCUT2D eigenvalue weighted by molar-refractivity contribution is 0.476. The predicted molar refractivity (Wildman–Crippen MR) is 121 cm³/mol. The highest BCUT2D eigenvalue weighted by Gasteiger charge is 2.15. The molecule has 0 unspecified atom stereocenters. The highest BCUT2D eigenvalue weighted by atomic mass is 35.5. The van der Waals surface area contributed by atoms with Crippen LogP contribution in [0.1, 0.15) is 0 Å². The first-order valence-corrected chi connectivity index (χ1v) is 11.9. The predicted octanol–water partition coefficient (Wildman–Crippen LogP) is 4.61. The van der Waals surface area contributed by atoms with Crippen molar-refractivity contribution >= 4 is 68.0 Å². The fraction of sp³-hybridized carbons (Fsp3) is 0.111. The van der Waals surface area contributed by atoms with Gasteiger partial charge in [-0.1, -0.05) is 23.2 Å². The summed E-state index contributed by atoms with van der Waals surface area (Å²) in [5, 5.41) is 16.0. The molecule has 1 heterocycles.